The maximum absolute atomic E-state index is 12.2. The number of rotatable bonds is 4. The summed E-state index contributed by atoms with van der Waals surface area (Å²) >= 11 is 7.61. The lowest BCUT2D eigenvalue weighted by molar-refractivity contribution is 0.0948. The zero-order valence-corrected chi connectivity index (χ0v) is 14.6. The highest BCUT2D eigenvalue weighted by Gasteiger charge is 2.12. The maximum Gasteiger partial charge on any atom is 0.253 e. The van der Waals surface area contributed by atoms with Gasteiger partial charge in [0.1, 0.15) is 5.76 Å². The molecule has 2 heterocycles. The van der Waals surface area contributed by atoms with Crippen molar-refractivity contribution in [2.75, 3.05) is 0 Å². The summed E-state index contributed by atoms with van der Waals surface area (Å²) in [6.07, 6.45) is 0. The zero-order chi connectivity index (χ0) is 17.2. The summed E-state index contributed by atoms with van der Waals surface area (Å²) in [6, 6.07) is 18.6. The predicted molar refractivity (Wildman–Crippen MR) is 99.9 cm³/mol. The topological polar surface area (TPSA) is 55.1 Å². The number of fused-ring (bicyclic) bond motifs is 1. The molecule has 0 unspecified atom stereocenters. The number of benzene rings is 2. The molecule has 6 heteroatoms. The molecule has 2 aromatic heterocycles. The third kappa shape index (κ3) is 3.29. The molecule has 0 aliphatic carbocycles. The van der Waals surface area contributed by atoms with Crippen molar-refractivity contribution in [3.8, 4) is 10.8 Å². The third-order valence-electron chi connectivity index (χ3n) is 3.71. The van der Waals surface area contributed by atoms with Crippen LogP contribution >= 0.6 is 22.9 Å². The number of hydrogen-bond donors (Lipinski definition) is 1. The minimum absolute atomic E-state index is 0.233. The number of hydrogen-bond acceptors (Lipinski definition) is 4. The van der Waals surface area contributed by atoms with Crippen molar-refractivity contribution in [3.63, 3.8) is 0 Å². The summed E-state index contributed by atoms with van der Waals surface area (Å²) < 4.78 is 6.93. The summed E-state index contributed by atoms with van der Waals surface area (Å²) in [5, 5.41) is 4.06. The van der Waals surface area contributed by atoms with E-state index in [-0.39, 0.29) is 12.5 Å². The standard InChI is InChI=1S/C19H13ClN2O2S/c20-14-6-2-1-5-13(14)18(23)21-11-12-9-10-16(24-12)19-22-15-7-3-4-8-17(15)25-19/h1-10H,11H2,(H,21,23). The van der Waals surface area contributed by atoms with Crippen LogP contribution in [0.15, 0.2) is 65.1 Å². The fourth-order valence-corrected chi connectivity index (χ4v) is 3.62. The number of aromatic nitrogens is 1. The molecular weight excluding hydrogens is 356 g/mol. The fourth-order valence-electron chi connectivity index (χ4n) is 2.47. The lowest BCUT2D eigenvalue weighted by Gasteiger charge is -2.04. The number of thiazole rings is 1. The van der Waals surface area contributed by atoms with Gasteiger partial charge in [-0.2, -0.15) is 0 Å². The Labute approximate surface area is 153 Å². The molecule has 0 saturated heterocycles. The van der Waals surface area contributed by atoms with E-state index in [2.05, 4.69) is 10.3 Å². The molecule has 25 heavy (non-hydrogen) atoms. The van der Waals surface area contributed by atoms with Crippen LogP contribution < -0.4 is 5.32 Å². The number of amides is 1. The number of halogens is 1. The molecular formula is C19H13ClN2O2S. The molecule has 0 atom stereocenters. The molecule has 124 valence electrons. The van der Waals surface area contributed by atoms with Crippen LogP contribution in [0, 0.1) is 0 Å². The van der Waals surface area contributed by atoms with Crippen LogP contribution in [-0.4, -0.2) is 10.9 Å². The smallest absolute Gasteiger partial charge is 0.253 e. The van der Waals surface area contributed by atoms with Gasteiger partial charge in [-0.25, -0.2) is 4.98 Å². The SMILES string of the molecule is O=C(NCc1ccc(-c2nc3ccccc3s2)o1)c1ccccc1Cl. The first-order chi connectivity index (χ1) is 12.2. The summed E-state index contributed by atoms with van der Waals surface area (Å²) in [5.41, 5.74) is 1.40. The van der Waals surface area contributed by atoms with E-state index in [9.17, 15) is 4.79 Å². The average Bonchev–Trinajstić information content (AvgIpc) is 3.26. The zero-order valence-electron chi connectivity index (χ0n) is 13.0. The first kappa shape index (κ1) is 15.9. The van der Waals surface area contributed by atoms with E-state index in [1.807, 2.05) is 36.4 Å². The summed E-state index contributed by atoms with van der Waals surface area (Å²) in [4.78, 5) is 16.8. The van der Waals surface area contributed by atoms with Crippen molar-refractivity contribution in [1.29, 1.82) is 0 Å². The number of furan rings is 1. The minimum atomic E-state index is -0.233. The van der Waals surface area contributed by atoms with Crippen molar-refractivity contribution >= 4 is 39.1 Å². The Hall–Kier alpha value is -2.63. The largest absolute Gasteiger partial charge is 0.457 e. The second-order valence-corrected chi connectivity index (χ2v) is 6.85. The van der Waals surface area contributed by atoms with Gasteiger partial charge in [-0.15, -0.1) is 11.3 Å². The van der Waals surface area contributed by atoms with Crippen LogP contribution in [0.3, 0.4) is 0 Å². The van der Waals surface area contributed by atoms with Gasteiger partial charge in [0.15, 0.2) is 10.8 Å². The molecule has 0 fully saturated rings. The fraction of sp³-hybridized carbons (Fsp3) is 0.0526. The van der Waals surface area contributed by atoms with E-state index < -0.39 is 0 Å². The predicted octanol–water partition coefficient (Wildman–Crippen LogP) is 5.14. The maximum atomic E-state index is 12.2. The Morgan fingerprint density at radius 2 is 1.88 bits per heavy atom. The minimum Gasteiger partial charge on any atom is -0.457 e. The number of carbonyl (C=O) groups is 1. The van der Waals surface area contributed by atoms with Crippen molar-refractivity contribution < 1.29 is 9.21 Å². The summed E-state index contributed by atoms with van der Waals surface area (Å²) in [5.74, 6) is 1.13. The lowest BCUT2D eigenvalue weighted by atomic mass is 10.2. The monoisotopic (exact) mass is 368 g/mol. The van der Waals surface area contributed by atoms with E-state index in [1.54, 1.807) is 35.6 Å². The van der Waals surface area contributed by atoms with Crippen LogP contribution in [0.5, 0.6) is 0 Å². The average molecular weight is 369 g/mol. The Bertz CT molecular complexity index is 1020. The number of para-hydroxylation sites is 1. The molecule has 0 aliphatic heterocycles. The van der Waals surface area contributed by atoms with Crippen LogP contribution in [0.2, 0.25) is 5.02 Å². The molecule has 4 aromatic rings. The lowest BCUT2D eigenvalue weighted by Crippen LogP contribution is -2.22. The van der Waals surface area contributed by atoms with Crippen LogP contribution in [-0.2, 0) is 6.54 Å². The van der Waals surface area contributed by atoms with Crippen molar-refractivity contribution in [2.24, 2.45) is 0 Å². The van der Waals surface area contributed by atoms with Crippen molar-refractivity contribution in [2.45, 2.75) is 6.54 Å². The molecule has 4 nitrogen and oxygen atoms in total. The van der Waals surface area contributed by atoms with E-state index in [4.69, 9.17) is 16.0 Å². The van der Waals surface area contributed by atoms with Crippen molar-refractivity contribution in [3.05, 3.63) is 77.0 Å². The molecule has 2 aromatic carbocycles. The Balaban J connectivity index is 1.48. The van der Waals surface area contributed by atoms with Gasteiger partial charge >= 0.3 is 0 Å². The molecule has 0 radical (unpaired) electrons. The van der Waals surface area contributed by atoms with Gasteiger partial charge in [-0.1, -0.05) is 35.9 Å². The highest BCUT2D eigenvalue weighted by molar-refractivity contribution is 7.21. The second kappa shape index (κ2) is 6.70. The number of carbonyl (C=O) groups excluding carboxylic acids is 1. The van der Waals surface area contributed by atoms with Gasteiger partial charge in [0.05, 0.1) is 27.3 Å². The van der Waals surface area contributed by atoms with Gasteiger partial charge in [-0.05, 0) is 36.4 Å². The molecule has 0 aliphatic rings. The highest BCUT2D eigenvalue weighted by Crippen LogP contribution is 2.31. The van der Waals surface area contributed by atoms with Gasteiger partial charge in [-0.3, -0.25) is 4.79 Å². The quantitative estimate of drug-likeness (QED) is 0.542. The number of nitrogens with zero attached hydrogens (tertiary/aromatic N) is 1. The van der Waals surface area contributed by atoms with Crippen LogP contribution in [0.4, 0.5) is 0 Å². The van der Waals surface area contributed by atoms with Crippen LogP contribution in [0.25, 0.3) is 21.0 Å². The molecule has 0 spiro atoms. The van der Waals surface area contributed by atoms with Crippen LogP contribution in [0.1, 0.15) is 16.1 Å². The van der Waals surface area contributed by atoms with Gasteiger partial charge in [0, 0.05) is 0 Å². The first-order valence-electron chi connectivity index (χ1n) is 7.68. The Morgan fingerprint density at radius 1 is 1.08 bits per heavy atom. The third-order valence-corrected chi connectivity index (χ3v) is 5.09. The second-order valence-electron chi connectivity index (χ2n) is 5.42. The molecule has 1 N–H and O–H groups in total. The summed E-state index contributed by atoms with van der Waals surface area (Å²) in [7, 11) is 0. The number of nitrogens with one attached hydrogen (secondary N) is 1. The Kier molecular flexibility index (Phi) is 4.26. The normalized spacial score (nSPS) is 10.9. The molecule has 0 bridgehead atoms. The van der Waals surface area contributed by atoms with E-state index in [0.717, 1.165) is 15.2 Å². The van der Waals surface area contributed by atoms with Gasteiger partial charge < -0.3 is 9.73 Å². The van der Waals surface area contributed by atoms with E-state index >= 15 is 0 Å². The summed E-state index contributed by atoms with van der Waals surface area (Å²) in [6.45, 7) is 0.287. The first-order valence-corrected chi connectivity index (χ1v) is 8.87. The molecule has 4 rings (SSSR count). The molecule has 1 amide bonds. The van der Waals surface area contributed by atoms with E-state index in [1.165, 1.54) is 0 Å². The molecule has 0 saturated carbocycles. The van der Waals surface area contributed by atoms with E-state index in [0.29, 0.717) is 22.1 Å². The Morgan fingerprint density at radius 3 is 2.72 bits per heavy atom. The van der Waals surface area contributed by atoms with Gasteiger partial charge in [0.25, 0.3) is 5.91 Å². The van der Waals surface area contributed by atoms with Crippen molar-refractivity contribution in [1.82, 2.24) is 10.3 Å². The van der Waals surface area contributed by atoms with Gasteiger partial charge in [0.2, 0.25) is 0 Å². The highest BCUT2D eigenvalue weighted by atomic mass is 35.5.